The third kappa shape index (κ3) is 3.59. The van der Waals surface area contributed by atoms with E-state index in [9.17, 15) is 4.79 Å². The van der Waals surface area contributed by atoms with Crippen LogP contribution in [0.2, 0.25) is 0 Å². The predicted molar refractivity (Wildman–Crippen MR) is 110 cm³/mol. The van der Waals surface area contributed by atoms with E-state index in [2.05, 4.69) is 10.1 Å². The molecule has 0 N–H and O–H groups in total. The summed E-state index contributed by atoms with van der Waals surface area (Å²) in [6, 6.07) is 5.54. The molecule has 0 aliphatic carbocycles. The van der Waals surface area contributed by atoms with Crippen LogP contribution in [0.5, 0.6) is 11.6 Å². The van der Waals surface area contributed by atoms with Gasteiger partial charge >= 0.3 is 0 Å². The van der Waals surface area contributed by atoms with Gasteiger partial charge in [0.15, 0.2) is 11.6 Å². The first-order valence-electron chi connectivity index (χ1n) is 9.50. The van der Waals surface area contributed by atoms with Gasteiger partial charge < -0.3 is 14.2 Å². The zero-order valence-corrected chi connectivity index (χ0v) is 17.4. The van der Waals surface area contributed by atoms with E-state index < -0.39 is 0 Å². The Bertz CT molecular complexity index is 1090. The topological polar surface area (TPSA) is 91.6 Å². The Balaban J connectivity index is 1.65. The van der Waals surface area contributed by atoms with Gasteiger partial charge in [-0.05, 0) is 24.6 Å². The van der Waals surface area contributed by atoms with Gasteiger partial charge in [0.2, 0.25) is 0 Å². The second kappa shape index (κ2) is 8.11. The maximum atomic E-state index is 12.9. The van der Waals surface area contributed by atoms with Crippen molar-refractivity contribution in [3.05, 3.63) is 47.4 Å². The first-order chi connectivity index (χ1) is 14.5. The molecule has 0 spiro atoms. The van der Waals surface area contributed by atoms with E-state index in [0.717, 1.165) is 22.5 Å². The molecule has 0 fully saturated rings. The molecule has 1 amide bonds. The monoisotopic (exact) mass is 409 g/mol. The normalized spacial score (nSPS) is 12.9. The van der Waals surface area contributed by atoms with Gasteiger partial charge in [-0.25, -0.2) is 4.98 Å². The van der Waals surface area contributed by atoms with Crippen molar-refractivity contribution in [3.63, 3.8) is 0 Å². The molecule has 9 heteroatoms. The fraction of sp³-hybridized carbons (Fsp3) is 0.333. The number of amides is 1. The van der Waals surface area contributed by atoms with Crippen LogP contribution >= 0.6 is 0 Å². The average molecular weight is 409 g/mol. The summed E-state index contributed by atoms with van der Waals surface area (Å²) in [5.41, 5.74) is 3.71. The molecule has 30 heavy (non-hydrogen) atoms. The molecule has 3 aromatic rings. The highest BCUT2D eigenvalue weighted by Gasteiger charge is 2.33. The van der Waals surface area contributed by atoms with Crippen LogP contribution in [-0.4, -0.2) is 53.1 Å². The van der Waals surface area contributed by atoms with Crippen molar-refractivity contribution in [2.24, 2.45) is 7.05 Å². The van der Waals surface area contributed by atoms with Crippen LogP contribution in [0.4, 0.5) is 5.82 Å². The Morgan fingerprint density at radius 1 is 1.20 bits per heavy atom. The molecule has 0 bridgehead atoms. The number of pyridine rings is 2. The van der Waals surface area contributed by atoms with Crippen molar-refractivity contribution in [3.8, 4) is 22.9 Å². The SMILES string of the molecule is COCCOc1ncc(-c2cc(C)c3c(n2)CN(c2ccn(C)n2)C3=O)cc1OC. The molecular weight excluding hydrogens is 386 g/mol. The number of ether oxygens (including phenoxy) is 3. The molecule has 0 saturated heterocycles. The summed E-state index contributed by atoms with van der Waals surface area (Å²) in [6.45, 7) is 3.12. The van der Waals surface area contributed by atoms with E-state index in [1.807, 2.05) is 38.4 Å². The number of carbonyl (C=O) groups is 1. The number of nitrogens with zero attached hydrogens (tertiary/aromatic N) is 5. The van der Waals surface area contributed by atoms with Crippen molar-refractivity contribution in [2.75, 3.05) is 32.3 Å². The van der Waals surface area contributed by atoms with Crippen molar-refractivity contribution < 1.29 is 19.0 Å². The predicted octanol–water partition coefficient (Wildman–Crippen LogP) is 2.38. The standard InChI is InChI=1S/C21H23N5O4/c1-13-9-15(14-10-17(29-4)20(22-11-14)30-8-7-28-3)23-16-12-26(21(27)19(13)16)18-5-6-25(2)24-18/h5-6,9-11H,7-8,12H2,1-4H3. The van der Waals surface area contributed by atoms with Crippen LogP contribution in [-0.2, 0) is 18.3 Å². The lowest BCUT2D eigenvalue weighted by Gasteiger charge is -2.11. The second-order valence-electron chi connectivity index (χ2n) is 6.96. The fourth-order valence-electron chi connectivity index (χ4n) is 3.43. The van der Waals surface area contributed by atoms with Crippen LogP contribution in [0.15, 0.2) is 30.6 Å². The van der Waals surface area contributed by atoms with Gasteiger partial charge in [-0.1, -0.05) is 0 Å². The fourth-order valence-corrected chi connectivity index (χ4v) is 3.43. The third-order valence-corrected chi connectivity index (χ3v) is 4.89. The minimum Gasteiger partial charge on any atom is -0.491 e. The average Bonchev–Trinajstić information content (AvgIpc) is 3.31. The molecule has 0 atom stereocenters. The number of fused-ring (bicyclic) bond motifs is 1. The van der Waals surface area contributed by atoms with E-state index in [-0.39, 0.29) is 5.91 Å². The lowest BCUT2D eigenvalue weighted by atomic mass is 10.1. The van der Waals surface area contributed by atoms with E-state index in [4.69, 9.17) is 19.2 Å². The number of methoxy groups -OCH3 is 2. The molecule has 0 unspecified atom stereocenters. The van der Waals surface area contributed by atoms with Gasteiger partial charge in [0.1, 0.15) is 6.61 Å². The maximum absolute atomic E-state index is 12.9. The van der Waals surface area contributed by atoms with E-state index in [1.54, 1.807) is 30.0 Å². The number of hydrogen-bond acceptors (Lipinski definition) is 7. The lowest BCUT2D eigenvalue weighted by Crippen LogP contribution is -2.23. The van der Waals surface area contributed by atoms with Crippen molar-refractivity contribution in [1.29, 1.82) is 0 Å². The van der Waals surface area contributed by atoms with Crippen LogP contribution in [0.1, 0.15) is 21.6 Å². The zero-order valence-electron chi connectivity index (χ0n) is 17.4. The van der Waals surface area contributed by atoms with Crippen LogP contribution < -0.4 is 14.4 Å². The molecule has 156 valence electrons. The maximum Gasteiger partial charge on any atom is 0.262 e. The Kier molecular flexibility index (Phi) is 5.37. The first kappa shape index (κ1) is 19.8. The minimum atomic E-state index is -0.0853. The minimum absolute atomic E-state index is 0.0853. The van der Waals surface area contributed by atoms with Gasteiger partial charge in [0, 0.05) is 38.2 Å². The van der Waals surface area contributed by atoms with Gasteiger partial charge in [-0.2, -0.15) is 5.10 Å². The Morgan fingerprint density at radius 2 is 2.03 bits per heavy atom. The molecule has 0 aromatic carbocycles. The van der Waals surface area contributed by atoms with Crippen molar-refractivity contribution >= 4 is 11.7 Å². The van der Waals surface area contributed by atoms with Crippen LogP contribution in [0, 0.1) is 6.92 Å². The molecule has 3 aromatic heterocycles. The largest absolute Gasteiger partial charge is 0.491 e. The number of anilines is 1. The molecule has 4 rings (SSSR count). The summed E-state index contributed by atoms with van der Waals surface area (Å²) < 4.78 is 17.7. The molecule has 1 aliphatic rings. The second-order valence-corrected chi connectivity index (χ2v) is 6.96. The number of aryl methyl sites for hydroxylation is 2. The summed E-state index contributed by atoms with van der Waals surface area (Å²) in [5, 5.41) is 4.34. The Labute approximate surface area is 174 Å². The van der Waals surface area contributed by atoms with Crippen LogP contribution in [0.25, 0.3) is 11.3 Å². The number of carbonyl (C=O) groups excluding carboxylic acids is 1. The molecular formula is C21H23N5O4. The van der Waals surface area contributed by atoms with Gasteiger partial charge in [-0.3, -0.25) is 19.4 Å². The lowest BCUT2D eigenvalue weighted by molar-refractivity contribution is 0.0995. The molecule has 1 aliphatic heterocycles. The van der Waals surface area contributed by atoms with E-state index in [0.29, 0.717) is 42.8 Å². The molecule has 4 heterocycles. The smallest absolute Gasteiger partial charge is 0.262 e. The van der Waals surface area contributed by atoms with Gasteiger partial charge in [-0.15, -0.1) is 0 Å². The highest BCUT2D eigenvalue weighted by atomic mass is 16.5. The summed E-state index contributed by atoms with van der Waals surface area (Å²) in [7, 11) is 5.00. The number of hydrogen-bond donors (Lipinski definition) is 0. The van der Waals surface area contributed by atoms with Crippen molar-refractivity contribution in [1.82, 2.24) is 19.7 Å². The zero-order chi connectivity index (χ0) is 21.3. The quantitative estimate of drug-likeness (QED) is 0.553. The molecule has 9 nitrogen and oxygen atoms in total. The molecule has 0 radical (unpaired) electrons. The Morgan fingerprint density at radius 3 is 2.73 bits per heavy atom. The third-order valence-electron chi connectivity index (χ3n) is 4.89. The van der Waals surface area contributed by atoms with Crippen LogP contribution in [0.3, 0.4) is 0 Å². The number of rotatable bonds is 7. The molecule has 0 saturated carbocycles. The van der Waals surface area contributed by atoms with E-state index in [1.165, 1.54) is 0 Å². The summed E-state index contributed by atoms with van der Waals surface area (Å²) in [5.74, 6) is 1.43. The highest BCUT2D eigenvalue weighted by molar-refractivity contribution is 6.10. The Hall–Kier alpha value is -3.46. The highest BCUT2D eigenvalue weighted by Crippen LogP contribution is 2.33. The van der Waals surface area contributed by atoms with Gasteiger partial charge in [0.05, 0.1) is 37.2 Å². The van der Waals surface area contributed by atoms with E-state index >= 15 is 0 Å². The summed E-state index contributed by atoms with van der Waals surface area (Å²) in [6.07, 6.45) is 3.50. The van der Waals surface area contributed by atoms with Gasteiger partial charge in [0.25, 0.3) is 11.8 Å². The number of aromatic nitrogens is 4. The summed E-state index contributed by atoms with van der Waals surface area (Å²) >= 11 is 0. The van der Waals surface area contributed by atoms with Crippen molar-refractivity contribution in [2.45, 2.75) is 13.5 Å². The summed E-state index contributed by atoms with van der Waals surface area (Å²) in [4.78, 5) is 23.7. The first-order valence-corrected chi connectivity index (χ1v) is 9.50.